The molecular formula is C15H23N. The monoisotopic (exact) mass is 217 g/mol. The number of rotatable bonds is 7. The van der Waals surface area contributed by atoms with E-state index in [0.29, 0.717) is 6.04 Å². The molecule has 0 aromatic heterocycles. The van der Waals surface area contributed by atoms with Gasteiger partial charge in [-0.05, 0) is 37.3 Å². The van der Waals surface area contributed by atoms with Crippen molar-refractivity contribution < 1.29 is 0 Å². The lowest BCUT2D eigenvalue weighted by Crippen LogP contribution is -2.31. The average molecular weight is 217 g/mol. The molecule has 1 fully saturated rings. The summed E-state index contributed by atoms with van der Waals surface area (Å²) in [6.07, 6.45) is 6.71. The number of benzene rings is 1. The van der Waals surface area contributed by atoms with Gasteiger partial charge in [0.25, 0.3) is 0 Å². The van der Waals surface area contributed by atoms with E-state index in [1.54, 1.807) is 0 Å². The molecule has 1 nitrogen and oxygen atoms in total. The molecule has 1 atom stereocenters. The summed E-state index contributed by atoms with van der Waals surface area (Å²) < 4.78 is 0. The maximum atomic E-state index is 3.69. The predicted molar refractivity (Wildman–Crippen MR) is 69.6 cm³/mol. The lowest BCUT2D eigenvalue weighted by atomic mass is 10.0. The van der Waals surface area contributed by atoms with Crippen molar-refractivity contribution in [3.05, 3.63) is 35.9 Å². The zero-order valence-electron chi connectivity index (χ0n) is 10.3. The Balaban J connectivity index is 1.71. The highest BCUT2D eigenvalue weighted by Crippen LogP contribution is 2.31. The molecule has 16 heavy (non-hydrogen) atoms. The standard InChI is InChI=1S/C15H23N/c1-2-15(16-11-10-13-8-9-13)12-14-6-4-3-5-7-14/h3-7,13,15-16H,2,8-12H2,1H3. The molecule has 88 valence electrons. The van der Waals surface area contributed by atoms with Crippen LogP contribution in [0.5, 0.6) is 0 Å². The second-order valence-corrected chi connectivity index (χ2v) is 4.98. The summed E-state index contributed by atoms with van der Waals surface area (Å²) in [5.41, 5.74) is 1.45. The van der Waals surface area contributed by atoms with Gasteiger partial charge in [0, 0.05) is 6.04 Å². The maximum absolute atomic E-state index is 3.69. The van der Waals surface area contributed by atoms with Crippen LogP contribution >= 0.6 is 0 Å². The molecule has 1 aromatic carbocycles. The Bertz CT molecular complexity index is 290. The largest absolute Gasteiger partial charge is 0.314 e. The highest BCUT2D eigenvalue weighted by Gasteiger charge is 2.20. The van der Waals surface area contributed by atoms with Gasteiger partial charge in [0.05, 0.1) is 0 Å². The van der Waals surface area contributed by atoms with Gasteiger partial charge in [0.1, 0.15) is 0 Å². The highest BCUT2D eigenvalue weighted by molar-refractivity contribution is 5.15. The summed E-state index contributed by atoms with van der Waals surface area (Å²) in [6.45, 7) is 3.48. The maximum Gasteiger partial charge on any atom is 0.0105 e. The fourth-order valence-corrected chi connectivity index (χ4v) is 2.16. The quantitative estimate of drug-likeness (QED) is 0.738. The van der Waals surface area contributed by atoms with Crippen LogP contribution in [0.15, 0.2) is 30.3 Å². The molecule has 2 rings (SSSR count). The average Bonchev–Trinajstić information content (AvgIpc) is 3.13. The van der Waals surface area contributed by atoms with E-state index in [0.717, 1.165) is 5.92 Å². The van der Waals surface area contributed by atoms with E-state index in [4.69, 9.17) is 0 Å². The van der Waals surface area contributed by atoms with Gasteiger partial charge in [-0.3, -0.25) is 0 Å². The van der Waals surface area contributed by atoms with E-state index in [-0.39, 0.29) is 0 Å². The second kappa shape index (κ2) is 6.05. The summed E-state index contributed by atoms with van der Waals surface area (Å²) in [5.74, 6) is 1.04. The number of hydrogen-bond donors (Lipinski definition) is 1. The SMILES string of the molecule is CCC(Cc1ccccc1)NCCC1CC1. The Morgan fingerprint density at radius 3 is 2.62 bits per heavy atom. The Labute approximate surface area is 99.3 Å². The normalized spacial score (nSPS) is 17.3. The number of hydrogen-bond acceptors (Lipinski definition) is 1. The van der Waals surface area contributed by atoms with Crippen molar-refractivity contribution >= 4 is 0 Å². The zero-order valence-corrected chi connectivity index (χ0v) is 10.3. The molecule has 0 radical (unpaired) electrons. The summed E-state index contributed by atoms with van der Waals surface area (Å²) in [7, 11) is 0. The van der Waals surface area contributed by atoms with Gasteiger partial charge in [-0.15, -0.1) is 0 Å². The van der Waals surface area contributed by atoms with Crippen molar-refractivity contribution in [2.75, 3.05) is 6.54 Å². The van der Waals surface area contributed by atoms with Crippen LogP contribution in [0.2, 0.25) is 0 Å². The van der Waals surface area contributed by atoms with Crippen molar-refractivity contribution in [1.29, 1.82) is 0 Å². The molecule has 1 aliphatic rings. The molecule has 1 unspecified atom stereocenters. The van der Waals surface area contributed by atoms with Crippen LogP contribution in [-0.4, -0.2) is 12.6 Å². The molecule has 0 spiro atoms. The summed E-state index contributed by atoms with van der Waals surface area (Å²) in [6, 6.07) is 11.5. The lowest BCUT2D eigenvalue weighted by molar-refractivity contribution is 0.478. The van der Waals surface area contributed by atoms with Crippen molar-refractivity contribution in [1.82, 2.24) is 5.32 Å². The smallest absolute Gasteiger partial charge is 0.0105 e. The van der Waals surface area contributed by atoms with Crippen molar-refractivity contribution in [3.63, 3.8) is 0 Å². The van der Waals surface area contributed by atoms with Crippen molar-refractivity contribution in [2.24, 2.45) is 5.92 Å². The van der Waals surface area contributed by atoms with E-state index in [1.807, 2.05) is 0 Å². The summed E-state index contributed by atoms with van der Waals surface area (Å²) in [5, 5.41) is 3.69. The van der Waals surface area contributed by atoms with E-state index in [2.05, 4.69) is 42.6 Å². The first-order valence-electron chi connectivity index (χ1n) is 6.65. The molecule has 1 N–H and O–H groups in total. The van der Waals surface area contributed by atoms with Crippen LogP contribution < -0.4 is 5.32 Å². The van der Waals surface area contributed by atoms with Crippen molar-refractivity contribution in [3.8, 4) is 0 Å². The topological polar surface area (TPSA) is 12.0 Å². The first kappa shape index (κ1) is 11.7. The fourth-order valence-electron chi connectivity index (χ4n) is 2.16. The molecule has 0 aliphatic heterocycles. The third-order valence-corrected chi connectivity index (χ3v) is 3.50. The summed E-state index contributed by atoms with van der Waals surface area (Å²) in [4.78, 5) is 0. The first-order chi connectivity index (χ1) is 7.88. The third-order valence-electron chi connectivity index (χ3n) is 3.50. The molecule has 1 aliphatic carbocycles. The minimum absolute atomic E-state index is 0.654. The van der Waals surface area contributed by atoms with E-state index in [1.165, 1.54) is 44.2 Å². The van der Waals surface area contributed by atoms with Crippen LogP contribution in [0.1, 0.15) is 38.2 Å². The fraction of sp³-hybridized carbons (Fsp3) is 0.600. The van der Waals surface area contributed by atoms with Crippen LogP contribution in [0.4, 0.5) is 0 Å². The van der Waals surface area contributed by atoms with Crippen LogP contribution in [-0.2, 0) is 6.42 Å². The van der Waals surface area contributed by atoms with E-state index >= 15 is 0 Å². The molecule has 1 aromatic rings. The minimum atomic E-state index is 0.654. The summed E-state index contributed by atoms with van der Waals surface area (Å²) >= 11 is 0. The molecular weight excluding hydrogens is 194 g/mol. The molecule has 0 amide bonds. The van der Waals surface area contributed by atoms with Crippen LogP contribution in [0, 0.1) is 5.92 Å². The third kappa shape index (κ3) is 3.97. The minimum Gasteiger partial charge on any atom is -0.314 e. The lowest BCUT2D eigenvalue weighted by Gasteiger charge is -2.16. The van der Waals surface area contributed by atoms with Crippen LogP contribution in [0.25, 0.3) is 0 Å². The Kier molecular flexibility index (Phi) is 4.41. The Hall–Kier alpha value is -0.820. The number of nitrogens with one attached hydrogen (secondary N) is 1. The predicted octanol–water partition coefficient (Wildman–Crippen LogP) is 3.40. The van der Waals surface area contributed by atoms with Gasteiger partial charge < -0.3 is 5.32 Å². The van der Waals surface area contributed by atoms with Gasteiger partial charge in [0.2, 0.25) is 0 Å². The van der Waals surface area contributed by atoms with Crippen LogP contribution in [0.3, 0.4) is 0 Å². The van der Waals surface area contributed by atoms with E-state index in [9.17, 15) is 0 Å². The Morgan fingerprint density at radius 1 is 1.25 bits per heavy atom. The molecule has 1 heteroatoms. The second-order valence-electron chi connectivity index (χ2n) is 4.98. The van der Waals surface area contributed by atoms with Gasteiger partial charge in [-0.2, -0.15) is 0 Å². The van der Waals surface area contributed by atoms with Gasteiger partial charge >= 0.3 is 0 Å². The van der Waals surface area contributed by atoms with E-state index < -0.39 is 0 Å². The van der Waals surface area contributed by atoms with Gasteiger partial charge in [0.15, 0.2) is 0 Å². The molecule has 0 heterocycles. The van der Waals surface area contributed by atoms with Gasteiger partial charge in [-0.25, -0.2) is 0 Å². The molecule has 0 saturated heterocycles. The molecule has 0 bridgehead atoms. The molecule has 1 saturated carbocycles. The van der Waals surface area contributed by atoms with Gasteiger partial charge in [-0.1, -0.05) is 50.1 Å². The Morgan fingerprint density at radius 2 is 2.00 bits per heavy atom. The highest BCUT2D eigenvalue weighted by atomic mass is 14.9. The van der Waals surface area contributed by atoms with Crippen molar-refractivity contribution in [2.45, 2.75) is 45.1 Å². The first-order valence-corrected chi connectivity index (χ1v) is 6.65. The zero-order chi connectivity index (χ0) is 11.2.